The van der Waals surface area contributed by atoms with Crippen molar-refractivity contribution in [2.45, 2.75) is 45.8 Å². The lowest BCUT2D eigenvalue weighted by Crippen LogP contribution is -2.28. The fourth-order valence-electron chi connectivity index (χ4n) is 4.64. The maximum absolute atomic E-state index is 14.6. The van der Waals surface area contributed by atoms with Gasteiger partial charge >= 0.3 is 0 Å². The Labute approximate surface area is 200 Å². The van der Waals surface area contributed by atoms with Crippen LogP contribution < -0.4 is 14.8 Å². The van der Waals surface area contributed by atoms with E-state index < -0.39 is 17.8 Å². The van der Waals surface area contributed by atoms with Crippen LogP contribution in [0.1, 0.15) is 42.3 Å². The van der Waals surface area contributed by atoms with Crippen LogP contribution in [0.15, 0.2) is 24.3 Å². The molecule has 3 heterocycles. The van der Waals surface area contributed by atoms with Crippen LogP contribution in [0.3, 0.4) is 0 Å². The van der Waals surface area contributed by atoms with E-state index in [1.54, 1.807) is 17.9 Å². The van der Waals surface area contributed by atoms with E-state index in [1.165, 1.54) is 19.1 Å². The predicted molar refractivity (Wildman–Crippen MR) is 123 cm³/mol. The molecule has 184 valence electrons. The average molecular weight is 486 g/mol. The van der Waals surface area contributed by atoms with E-state index >= 15 is 0 Å². The third-order valence-electron chi connectivity index (χ3n) is 6.39. The summed E-state index contributed by atoms with van der Waals surface area (Å²) in [7, 11) is 0. The first-order valence-electron chi connectivity index (χ1n) is 11.5. The number of aryl methyl sites for hydroxylation is 1. The van der Waals surface area contributed by atoms with Gasteiger partial charge in [0.25, 0.3) is 6.43 Å². The van der Waals surface area contributed by atoms with Crippen molar-refractivity contribution in [3.63, 3.8) is 0 Å². The number of alkyl halides is 2. The van der Waals surface area contributed by atoms with Crippen molar-refractivity contribution in [1.82, 2.24) is 14.9 Å². The lowest BCUT2D eigenvalue weighted by atomic mass is 10.1. The largest absolute Gasteiger partial charge is 0.489 e. The summed E-state index contributed by atoms with van der Waals surface area (Å²) in [5.74, 6) is 1.22. The number of amides is 1. The molecule has 0 aliphatic carbocycles. The van der Waals surface area contributed by atoms with Gasteiger partial charge in [-0.25, -0.2) is 23.1 Å². The van der Waals surface area contributed by atoms with Crippen molar-refractivity contribution in [3.8, 4) is 11.5 Å². The lowest BCUT2D eigenvalue weighted by molar-refractivity contribution is -0.128. The van der Waals surface area contributed by atoms with Crippen LogP contribution in [0.2, 0.25) is 0 Å². The number of anilines is 1. The third kappa shape index (κ3) is 4.44. The molecule has 2 aliphatic rings. The number of ether oxygens (including phenoxy) is 2. The number of hydrogen-bond acceptors (Lipinski definition) is 6. The molecule has 1 unspecified atom stereocenters. The van der Waals surface area contributed by atoms with Crippen LogP contribution in [-0.4, -0.2) is 46.6 Å². The highest BCUT2D eigenvalue weighted by Gasteiger charge is 2.30. The van der Waals surface area contributed by atoms with E-state index in [0.717, 1.165) is 11.6 Å². The van der Waals surface area contributed by atoms with Crippen molar-refractivity contribution >= 4 is 22.6 Å². The quantitative estimate of drug-likeness (QED) is 0.551. The third-order valence-corrected chi connectivity index (χ3v) is 6.39. The zero-order valence-corrected chi connectivity index (χ0v) is 19.4. The van der Waals surface area contributed by atoms with Gasteiger partial charge in [-0.05, 0) is 13.0 Å². The Bertz CT molecular complexity index is 1300. The molecule has 2 aliphatic heterocycles. The number of benzene rings is 2. The van der Waals surface area contributed by atoms with Gasteiger partial charge in [-0.2, -0.15) is 0 Å². The summed E-state index contributed by atoms with van der Waals surface area (Å²) >= 11 is 0. The molecule has 1 atom stereocenters. The second-order valence-electron chi connectivity index (χ2n) is 8.76. The molecule has 0 saturated carbocycles. The van der Waals surface area contributed by atoms with Gasteiger partial charge in [0.15, 0.2) is 11.5 Å². The summed E-state index contributed by atoms with van der Waals surface area (Å²) in [6, 6.07) is 5.75. The maximum Gasteiger partial charge on any atom is 0.266 e. The van der Waals surface area contributed by atoms with Gasteiger partial charge < -0.3 is 19.7 Å². The molecule has 5 rings (SSSR count). The summed E-state index contributed by atoms with van der Waals surface area (Å²) in [5, 5.41) is 3.77. The Hall–Kier alpha value is -3.56. The van der Waals surface area contributed by atoms with Crippen molar-refractivity contribution in [1.29, 1.82) is 0 Å². The standard InChI is InChI=1S/C25H25F3N4O3/c1-13-30-22-18-7-9-34-23(18)20(35-16-6-8-32(12-16)14(2)33)10-19(22)25(31-13)29-11-15-4-3-5-17(21(15)26)24(27)28/h3-5,10,16,24H,6-9,11-12H2,1-2H3,(H,29,30,31). The zero-order chi connectivity index (χ0) is 24.7. The molecule has 1 amide bonds. The minimum Gasteiger partial charge on any atom is -0.489 e. The predicted octanol–water partition coefficient (Wildman–Crippen LogP) is 4.56. The van der Waals surface area contributed by atoms with Gasteiger partial charge in [-0.1, -0.05) is 18.2 Å². The topological polar surface area (TPSA) is 76.6 Å². The Balaban J connectivity index is 1.49. The van der Waals surface area contributed by atoms with E-state index in [0.29, 0.717) is 66.6 Å². The van der Waals surface area contributed by atoms with Crippen LogP contribution in [0, 0.1) is 12.7 Å². The normalized spacial score (nSPS) is 17.1. The van der Waals surface area contributed by atoms with Crippen molar-refractivity contribution < 1.29 is 27.4 Å². The molecule has 1 N–H and O–H groups in total. The Kier molecular flexibility index (Phi) is 6.12. The van der Waals surface area contributed by atoms with Crippen molar-refractivity contribution in [2.75, 3.05) is 25.0 Å². The molecule has 2 aromatic carbocycles. The molecule has 3 aromatic rings. The van der Waals surface area contributed by atoms with Gasteiger partial charge in [0.1, 0.15) is 23.6 Å². The van der Waals surface area contributed by atoms with E-state index in [-0.39, 0.29) is 24.1 Å². The highest BCUT2D eigenvalue weighted by Crippen LogP contribution is 2.43. The molecular formula is C25H25F3N4O3. The number of hydrogen-bond donors (Lipinski definition) is 1. The second-order valence-corrected chi connectivity index (χ2v) is 8.76. The van der Waals surface area contributed by atoms with E-state index in [1.807, 2.05) is 0 Å². The van der Waals surface area contributed by atoms with Crippen LogP contribution >= 0.6 is 0 Å². The fourth-order valence-corrected chi connectivity index (χ4v) is 4.64. The number of carbonyl (C=O) groups excluding carboxylic acids is 1. The summed E-state index contributed by atoms with van der Waals surface area (Å²) in [6.45, 7) is 4.89. The first kappa shape index (κ1) is 23.2. The smallest absolute Gasteiger partial charge is 0.266 e. The van der Waals surface area contributed by atoms with E-state index in [4.69, 9.17) is 9.47 Å². The summed E-state index contributed by atoms with van der Waals surface area (Å²) < 4.78 is 52.9. The first-order chi connectivity index (χ1) is 16.8. The monoisotopic (exact) mass is 486 g/mol. The van der Waals surface area contributed by atoms with Crippen molar-refractivity contribution in [2.24, 2.45) is 0 Å². The molecule has 1 fully saturated rings. The number of carbonyl (C=O) groups is 1. The van der Waals surface area contributed by atoms with Crippen LogP contribution in [-0.2, 0) is 17.8 Å². The Morgan fingerprint density at radius 2 is 2.17 bits per heavy atom. The minimum atomic E-state index is -2.89. The van der Waals surface area contributed by atoms with Crippen molar-refractivity contribution in [3.05, 3.63) is 52.6 Å². The van der Waals surface area contributed by atoms with Gasteiger partial charge in [-0.15, -0.1) is 0 Å². The Morgan fingerprint density at radius 1 is 1.34 bits per heavy atom. The fraction of sp³-hybridized carbons (Fsp3) is 0.400. The first-order valence-corrected chi connectivity index (χ1v) is 11.5. The molecule has 1 aromatic heterocycles. The van der Waals surface area contributed by atoms with Gasteiger partial charge in [-0.3, -0.25) is 4.79 Å². The van der Waals surface area contributed by atoms with Gasteiger partial charge in [0.05, 0.1) is 24.2 Å². The number of nitrogens with zero attached hydrogens (tertiary/aromatic N) is 3. The Morgan fingerprint density at radius 3 is 2.91 bits per heavy atom. The SMILES string of the molecule is CC(=O)N1CCC(Oc2cc3c(NCc4cccc(C(F)F)c4F)nc(C)nc3c3c2OCC3)C1. The second kappa shape index (κ2) is 9.24. The molecule has 10 heteroatoms. The molecular weight excluding hydrogens is 461 g/mol. The maximum atomic E-state index is 14.6. The summed E-state index contributed by atoms with van der Waals surface area (Å²) in [4.78, 5) is 22.6. The molecule has 0 spiro atoms. The minimum absolute atomic E-state index is 0.00888. The summed E-state index contributed by atoms with van der Waals surface area (Å²) in [6.07, 6.45) is -1.71. The molecule has 7 nitrogen and oxygen atoms in total. The van der Waals surface area contributed by atoms with E-state index in [2.05, 4.69) is 15.3 Å². The molecule has 0 radical (unpaired) electrons. The number of halogens is 3. The lowest BCUT2D eigenvalue weighted by Gasteiger charge is -2.19. The molecule has 1 saturated heterocycles. The molecule has 0 bridgehead atoms. The number of fused-ring (bicyclic) bond motifs is 3. The number of nitrogens with one attached hydrogen (secondary N) is 1. The number of aromatic nitrogens is 2. The molecule has 35 heavy (non-hydrogen) atoms. The highest BCUT2D eigenvalue weighted by molar-refractivity contribution is 5.95. The van der Waals surface area contributed by atoms with Gasteiger partial charge in [0.2, 0.25) is 5.91 Å². The van der Waals surface area contributed by atoms with Crippen LogP contribution in [0.5, 0.6) is 11.5 Å². The average Bonchev–Trinajstić information content (AvgIpc) is 3.49. The van der Waals surface area contributed by atoms with Crippen LogP contribution in [0.25, 0.3) is 10.9 Å². The number of likely N-dealkylation sites (tertiary alicyclic amines) is 1. The van der Waals surface area contributed by atoms with Crippen LogP contribution in [0.4, 0.5) is 19.0 Å². The van der Waals surface area contributed by atoms with E-state index in [9.17, 15) is 18.0 Å². The van der Waals surface area contributed by atoms with Gasteiger partial charge in [0, 0.05) is 49.4 Å². The highest BCUT2D eigenvalue weighted by atomic mass is 19.3. The number of rotatable bonds is 6. The zero-order valence-electron chi connectivity index (χ0n) is 19.4. The summed E-state index contributed by atoms with van der Waals surface area (Å²) in [5.41, 5.74) is 1.09.